The number of aryl methyl sites for hydroxylation is 1. The molecule has 1 N–H and O–H groups in total. The van der Waals surface area contributed by atoms with E-state index in [4.69, 9.17) is 0 Å². The van der Waals surface area contributed by atoms with Crippen molar-refractivity contribution in [3.05, 3.63) is 22.7 Å². The second-order valence-electron chi connectivity index (χ2n) is 4.96. The summed E-state index contributed by atoms with van der Waals surface area (Å²) in [6.07, 6.45) is 5.31. The highest BCUT2D eigenvalue weighted by atomic mass is 16.3. The van der Waals surface area contributed by atoms with E-state index < -0.39 is 0 Å². The molecule has 2 atom stereocenters. The maximum atomic E-state index is 12.3. The van der Waals surface area contributed by atoms with Crippen LogP contribution in [0.15, 0.2) is 17.2 Å². The van der Waals surface area contributed by atoms with Gasteiger partial charge in [0.2, 0.25) is 0 Å². The van der Waals surface area contributed by atoms with Crippen molar-refractivity contribution in [2.45, 2.75) is 39.3 Å². The van der Waals surface area contributed by atoms with E-state index in [-0.39, 0.29) is 18.2 Å². The summed E-state index contributed by atoms with van der Waals surface area (Å²) in [7, 11) is 0. The van der Waals surface area contributed by atoms with Crippen LogP contribution in [0.25, 0.3) is 0 Å². The molecule has 0 spiro atoms. The minimum Gasteiger partial charge on any atom is -0.394 e. The molecule has 5 heteroatoms. The first-order valence-electron chi connectivity index (χ1n) is 6.62. The lowest BCUT2D eigenvalue weighted by Crippen LogP contribution is -2.40. The van der Waals surface area contributed by atoms with Crippen molar-refractivity contribution in [3.8, 4) is 0 Å². The number of hydrogen-bond donors (Lipinski definition) is 1. The first-order valence-corrected chi connectivity index (χ1v) is 6.62. The van der Waals surface area contributed by atoms with Crippen LogP contribution in [0.2, 0.25) is 0 Å². The van der Waals surface area contributed by atoms with E-state index in [0.29, 0.717) is 18.3 Å². The summed E-state index contributed by atoms with van der Waals surface area (Å²) in [6.45, 7) is 5.73. The van der Waals surface area contributed by atoms with Gasteiger partial charge in [0, 0.05) is 25.5 Å². The summed E-state index contributed by atoms with van der Waals surface area (Å²) < 4.78 is 1.69. The van der Waals surface area contributed by atoms with Crippen LogP contribution in [-0.4, -0.2) is 33.9 Å². The molecule has 1 aliphatic heterocycles. The summed E-state index contributed by atoms with van der Waals surface area (Å²) in [6, 6.07) is 0.0164. The Bertz CT molecular complexity index is 458. The van der Waals surface area contributed by atoms with Crippen LogP contribution in [-0.2, 0) is 6.54 Å². The Balaban J connectivity index is 2.34. The van der Waals surface area contributed by atoms with E-state index in [2.05, 4.69) is 11.9 Å². The highest BCUT2D eigenvalue weighted by Crippen LogP contribution is 2.26. The molecule has 2 rings (SSSR count). The van der Waals surface area contributed by atoms with Gasteiger partial charge < -0.3 is 14.6 Å². The monoisotopic (exact) mass is 251 g/mol. The van der Waals surface area contributed by atoms with Gasteiger partial charge >= 0.3 is 0 Å². The third-order valence-electron chi connectivity index (χ3n) is 3.70. The van der Waals surface area contributed by atoms with Crippen molar-refractivity contribution in [2.24, 2.45) is 5.92 Å². The Kier molecular flexibility index (Phi) is 4.01. The molecule has 100 valence electrons. The molecule has 0 amide bonds. The third kappa shape index (κ3) is 2.27. The van der Waals surface area contributed by atoms with Gasteiger partial charge in [-0.2, -0.15) is 0 Å². The first kappa shape index (κ1) is 13.1. The largest absolute Gasteiger partial charge is 0.394 e. The van der Waals surface area contributed by atoms with E-state index in [0.717, 1.165) is 19.4 Å². The van der Waals surface area contributed by atoms with Crippen LogP contribution >= 0.6 is 0 Å². The number of nitrogens with zero attached hydrogens (tertiary/aromatic N) is 3. The molecule has 1 aromatic heterocycles. The van der Waals surface area contributed by atoms with E-state index >= 15 is 0 Å². The van der Waals surface area contributed by atoms with Crippen molar-refractivity contribution in [1.82, 2.24) is 9.55 Å². The normalized spacial score (nSPS) is 23.6. The van der Waals surface area contributed by atoms with Gasteiger partial charge in [-0.15, -0.1) is 0 Å². The molecule has 2 heterocycles. The van der Waals surface area contributed by atoms with Gasteiger partial charge in [-0.05, 0) is 18.8 Å². The second-order valence-corrected chi connectivity index (χ2v) is 4.96. The maximum absolute atomic E-state index is 12.3. The molecule has 1 saturated heterocycles. The topological polar surface area (TPSA) is 58.4 Å². The van der Waals surface area contributed by atoms with Crippen LogP contribution in [0.1, 0.15) is 26.7 Å². The Hall–Kier alpha value is -1.36. The summed E-state index contributed by atoms with van der Waals surface area (Å²) in [4.78, 5) is 18.5. The lowest BCUT2D eigenvalue weighted by Gasteiger charge is -2.25. The van der Waals surface area contributed by atoms with Gasteiger partial charge in [0.15, 0.2) is 5.82 Å². The van der Waals surface area contributed by atoms with Crippen molar-refractivity contribution in [2.75, 3.05) is 18.1 Å². The van der Waals surface area contributed by atoms with Crippen LogP contribution in [0.5, 0.6) is 0 Å². The van der Waals surface area contributed by atoms with Gasteiger partial charge in [-0.25, -0.2) is 4.98 Å². The molecule has 1 aromatic rings. The molecule has 18 heavy (non-hydrogen) atoms. The molecule has 0 radical (unpaired) electrons. The van der Waals surface area contributed by atoms with Crippen LogP contribution in [0.3, 0.4) is 0 Å². The van der Waals surface area contributed by atoms with Crippen molar-refractivity contribution >= 4 is 5.82 Å². The predicted octanol–water partition coefficient (Wildman–Crippen LogP) is 0.860. The predicted molar refractivity (Wildman–Crippen MR) is 70.8 cm³/mol. The summed E-state index contributed by atoms with van der Waals surface area (Å²) in [5.41, 5.74) is -0.0492. The molecule has 2 unspecified atom stereocenters. The van der Waals surface area contributed by atoms with Crippen molar-refractivity contribution in [1.29, 1.82) is 0 Å². The standard InChI is InChI=1S/C13H21N3O2/c1-3-6-15-8-5-14-12(13(15)18)16-7-4-10(2)11(16)9-17/h5,8,10-11,17H,3-4,6-7,9H2,1-2H3. The number of aromatic nitrogens is 2. The van der Waals surface area contributed by atoms with Crippen LogP contribution < -0.4 is 10.5 Å². The van der Waals surface area contributed by atoms with Crippen LogP contribution in [0.4, 0.5) is 5.82 Å². The van der Waals surface area contributed by atoms with E-state index in [1.807, 2.05) is 11.8 Å². The fourth-order valence-corrected chi connectivity index (χ4v) is 2.60. The number of aliphatic hydroxyl groups is 1. The maximum Gasteiger partial charge on any atom is 0.293 e. The number of anilines is 1. The zero-order valence-corrected chi connectivity index (χ0v) is 11.0. The minimum absolute atomic E-state index is 0.0164. The molecular formula is C13H21N3O2. The van der Waals surface area contributed by atoms with Gasteiger partial charge in [0.05, 0.1) is 12.6 Å². The molecular weight excluding hydrogens is 230 g/mol. The third-order valence-corrected chi connectivity index (χ3v) is 3.70. The molecule has 5 nitrogen and oxygen atoms in total. The minimum atomic E-state index is -0.0492. The Morgan fingerprint density at radius 2 is 2.33 bits per heavy atom. The van der Waals surface area contributed by atoms with Crippen molar-refractivity contribution < 1.29 is 5.11 Å². The lowest BCUT2D eigenvalue weighted by atomic mass is 10.0. The van der Waals surface area contributed by atoms with Crippen molar-refractivity contribution in [3.63, 3.8) is 0 Å². The molecule has 0 saturated carbocycles. The Labute approximate surface area is 107 Å². The van der Waals surface area contributed by atoms with Gasteiger partial charge in [0.1, 0.15) is 0 Å². The molecule has 0 bridgehead atoms. The first-order chi connectivity index (χ1) is 8.69. The van der Waals surface area contributed by atoms with Gasteiger partial charge in [-0.1, -0.05) is 13.8 Å². The number of hydrogen-bond acceptors (Lipinski definition) is 4. The lowest BCUT2D eigenvalue weighted by molar-refractivity contribution is 0.244. The smallest absolute Gasteiger partial charge is 0.293 e. The number of aliphatic hydroxyl groups excluding tert-OH is 1. The van der Waals surface area contributed by atoms with Gasteiger partial charge in [-0.3, -0.25) is 4.79 Å². The average Bonchev–Trinajstić information content (AvgIpc) is 2.73. The van der Waals surface area contributed by atoms with Gasteiger partial charge in [0.25, 0.3) is 5.56 Å². The van der Waals surface area contributed by atoms with E-state index in [1.54, 1.807) is 17.0 Å². The summed E-state index contributed by atoms with van der Waals surface area (Å²) in [5.74, 6) is 0.880. The number of rotatable bonds is 4. The summed E-state index contributed by atoms with van der Waals surface area (Å²) >= 11 is 0. The molecule has 1 fully saturated rings. The average molecular weight is 251 g/mol. The zero-order chi connectivity index (χ0) is 13.1. The fraction of sp³-hybridized carbons (Fsp3) is 0.692. The van der Waals surface area contributed by atoms with E-state index in [9.17, 15) is 9.90 Å². The second kappa shape index (κ2) is 5.52. The fourth-order valence-electron chi connectivity index (χ4n) is 2.60. The Morgan fingerprint density at radius 1 is 1.56 bits per heavy atom. The highest BCUT2D eigenvalue weighted by Gasteiger charge is 2.32. The SMILES string of the molecule is CCCn1ccnc(N2CCC(C)C2CO)c1=O. The Morgan fingerprint density at radius 3 is 3.00 bits per heavy atom. The molecule has 0 aromatic carbocycles. The zero-order valence-electron chi connectivity index (χ0n) is 11.0. The quantitative estimate of drug-likeness (QED) is 0.862. The van der Waals surface area contributed by atoms with E-state index in [1.165, 1.54) is 0 Å². The highest BCUT2D eigenvalue weighted by molar-refractivity contribution is 5.39. The molecule has 0 aliphatic carbocycles. The molecule has 1 aliphatic rings. The van der Waals surface area contributed by atoms with Crippen LogP contribution in [0, 0.1) is 5.92 Å². The summed E-state index contributed by atoms with van der Waals surface area (Å²) in [5, 5.41) is 9.45.